The van der Waals surface area contributed by atoms with Gasteiger partial charge >= 0.3 is 11.9 Å². The highest BCUT2D eigenvalue weighted by Gasteiger charge is 2.66. The molecule has 0 amide bonds. The molecule has 4 nitrogen and oxygen atoms in total. The number of carbonyl (C=O) groups excluding carboxylic acids is 1. The number of carboxylic acid groups (broad SMARTS) is 1. The first kappa shape index (κ1) is 26.5. The van der Waals surface area contributed by atoms with Gasteiger partial charge in [-0.15, -0.1) is 0 Å². The predicted molar refractivity (Wildman–Crippen MR) is 142 cm³/mol. The molecule has 8 unspecified atom stereocenters. The Balaban J connectivity index is 1.34. The van der Waals surface area contributed by atoms with Crippen molar-refractivity contribution in [3.8, 4) is 0 Å². The number of carbonyl (C=O) groups is 2. The molecule has 5 aliphatic carbocycles. The van der Waals surface area contributed by atoms with Gasteiger partial charge in [-0.25, -0.2) is 0 Å². The third-order valence-corrected chi connectivity index (χ3v) is 13.3. The maximum atomic E-state index is 12.8. The van der Waals surface area contributed by atoms with Crippen molar-refractivity contribution in [2.45, 2.75) is 132 Å². The molecule has 36 heavy (non-hydrogen) atoms. The van der Waals surface area contributed by atoms with Gasteiger partial charge in [0.25, 0.3) is 0 Å². The van der Waals surface area contributed by atoms with Crippen molar-refractivity contribution in [3.05, 3.63) is 0 Å². The van der Waals surface area contributed by atoms with E-state index in [9.17, 15) is 14.7 Å². The van der Waals surface area contributed by atoms with E-state index in [1.54, 1.807) is 13.8 Å². The average Bonchev–Trinajstić information content (AvgIpc) is 3.17. The number of fused-ring (bicyclic) bond motifs is 7. The van der Waals surface area contributed by atoms with Gasteiger partial charge in [-0.05, 0) is 124 Å². The van der Waals surface area contributed by atoms with Gasteiger partial charge in [-0.2, -0.15) is 0 Å². The summed E-state index contributed by atoms with van der Waals surface area (Å²) in [5.41, 5.74) is 0.171. The van der Waals surface area contributed by atoms with E-state index in [4.69, 9.17) is 4.74 Å². The largest absolute Gasteiger partial charge is 0.481 e. The predicted octanol–water partition coefficient (Wildman–Crippen LogP) is 7.88. The van der Waals surface area contributed by atoms with Crippen molar-refractivity contribution >= 4 is 11.9 Å². The van der Waals surface area contributed by atoms with E-state index in [1.807, 2.05) is 0 Å². The Bertz CT molecular complexity index is 906. The second-order valence-electron chi connectivity index (χ2n) is 15.9. The zero-order valence-corrected chi connectivity index (χ0v) is 24.1. The summed E-state index contributed by atoms with van der Waals surface area (Å²) in [7, 11) is 0. The van der Waals surface area contributed by atoms with E-state index in [2.05, 4.69) is 34.6 Å². The van der Waals surface area contributed by atoms with E-state index in [1.165, 1.54) is 57.8 Å². The topological polar surface area (TPSA) is 63.6 Å². The maximum Gasteiger partial charge on any atom is 0.309 e. The highest BCUT2D eigenvalue weighted by Crippen LogP contribution is 2.73. The molecule has 5 aliphatic rings. The number of aliphatic carboxylic acids is 1. The Morgan fingerprint density at radius 3 is 2.19 bits per heavy atom. The smallest absolute Gasteiger partial charge is 0.309 e. The molecule has 0 aromatic carbocycles. The second-order valence-corrected chi connectivity index (χ2v) is 15.9. The van der Waals surface area contributed by atoms with Crippen LogP contribution in [0.15, 0.2) is 0 Å². The third-order valence-electron chi connectivity index (χ3n) is 13.3. The molecule has 0 radical (unpaired) electrons. The minimum atomic E-state index is -1.09. The standard InChI is InChI=1S/C32H52O4/c1-28(2,27(34)35)19-26(33)36-25-14-18-32(7)23(29(25,3)4)13-17-31(6)22-12-16-30(5)15-8-9-21(30)20(22)10-11-24(31)32/h20-25H,8-19H2,1-7H3,(H,34,35)/t20?,21?,22?,23?,24?,25?,30?,31?,32-/m1/s1. The molecule has 0 aromatic heterocycles. The lowest BCUT2D eigenvalue weighted by Crippen LogP contribution is -2.63. The van der Waals surface area contributed by atoms with E-state index < -0.39 is 11.4 Å². The van der Waals surface area contributed by atoms with Gasteiger partial charge in [0, 0.05) is 5.41 Å². The lowest BCUT2D eigenvalue weighted by atomic mass is 9.36. The van der Waals surface area contributed by atoms with Gasteiger partial charge in [0.15, 0.2) is 0 Å². The van der Waals surface area contributed by atoms with Crippen molar-refractivity contribution in [2.24, 2.45) is 56.7 Å². The zero-order chi connectivity index (χ0) is 26.3. The highest BCUT2D eigenvalue weighted by atomic mass is 16.5. The number of carboxylic acids is 1. The molecule has 0 aromatic rings. The summed E-state index contributed by atoms with van der Waals surface area (Å²) < 4.78 is 6.09. The van der Waals surface area contributed by atoms with Gasteiger partial charge < -0.3 is 9.84 Å². The monoisotopic (exact) mass is 500 g/mol. The summed E-state index contributed by atoms with van der Waals surface area (Å²) in [4.78, 5) is 24.4. The Kier molecular flexibility index (Phi) is 6.24. The SMILES string of the molecule is CC(C)(CC(=O)OC1CC[C@]2(C)C(CCC3(C)C4CCC5(C)CCCC5C4CCC32)C1(C)C)C(=O)O. The maximum absolute atomic E-state index is 12.8. The van der Waals surface area contributed by atoms with Crippen molar-refractivity contribution < 1.29 is 19.4 Å². The van der Waals surface area contributed by atoms with Crippen LogP contribution in [0.25, 0.3) is 0 Å². The molecule has 5 rings (SSSR count). The molecule has 0 heterocycles. The van der Waals surface area contributed by atoms with Crippen LogP contribution in [0.1, 0.15) is 126 Å². The van der Waals surface area contributed by atoms with Crippen LogP contribution in [0.3, 0.4) is 0 Å². The van der Waals surface area contributed by atoms with Crippen LogP contribution in [0.2, 0.25) is 0 Å². The third kappa shape index (κ3) is 3.81. The van der Waals surface area contributed by atoms with E-state index in [0.717, 1.165) is 36.5 Å². The number of ether oxygens (including phenoxy) is 1. The summed E-state index contributed by atoms with van der Waals surface area (Å²) in [6, 6.07) is 0. The fourth-order valence-corrected chi connectivity index (χ4v) is 11.4. The van der Waals surface area contributed by atoms with E-state index >= 15 is 0 Å². The van der Waals surface area contributed by atoms with E-state index in [-0.39, 0.29) is 23.9 Å². The lowest BCUT2D eigenvalue weighted by Gasteiger charge is -2.69. The van der Waals surface area contributed by atoms with Crippen LogP contribution < -0.4 is 0 Å². The van der Waals surface area contributed by atoms with Gasteiger partial charge in [-0.3, -0.25) is 9.59 Å². The molecule has 0 saturated heterocycles. The normalized spacial score (nSPS) is 47.6. The van der Waals surface area contributed by atoms with Crippen molar-refractivity contribution in [1.29, 1.82) is 0 Å². The minimum Gasteiger partial charge on any atom is -0.481 e. The summed E-state index contributed by atoms with van der Waals surface area (Å²) in [6.07, 6.45) is 14.4. The van der Waals surface area contributed by atoms with E-state index in [0.29, 0.717) is 22.2 Å². The molecular weight excluding hydrogens is 448 g/mol. The first-order chi connectivity index (χ1) is 16.7. The molecular formula is C32H52O4. The summed E-state index contributed by atoms with van der Waals surface area (Å²) >= 11 is 0. The first-order valence-electron chi connectivity index (χ1n) is 15.1. The lowest BCUT2D eigenvalue weighted by molar-refractivity contribution is -0.221. The molecule has 0 spiro atoms. The Morgan fingerprint density at radius 1 is 0.806 bits per heavy atom. The zero-order valence-electron chi connectivity index (χ0n) is 24.1. The van der Waals surface area contributed by atoms with Crippen LogP contribution in [0.5, 0.6) is 0 Å². The van der Waals surface area contributed by atoms with Crippen LogP contribution in [-0.2, 0) is 14.3 Å². The first-order valence-corrected chi connectivity index (χ1v) is 15.1. The summed E-state index contributed by atoms with van der Waals surface area (Å²) in [6.45, 7) is 15.8. The summed E-state index contributed by atoms with van der Waals surface area (Å²) in [5.74, 6) is 2.79. The number of esters is 1. The quantitative estimate of drug-likeness (QED) is 0.399. The van der Waals surface area contributed by atoms with Crippen LogP contribution in [0.4, 0.5) is 0 Å². The molecule has 9 atom stereocenters. The van der Waals surface area contributed by atoms with Gasteiger partial charge in [0.05, 0.1) is 11.8 Å². The number of hydrogen-bond donors (Lipinski definition) is 1. The van der Waals surface area contributed by atoms with Crippen LogP contribution >= 0.6 is 0 Å². The molecule has 1 N–H and O–H groups in total. The van der Waals surface area contributed by atoms with Crippen molar-refractivity contribution in [2.75, 3.05) is 0 Å². The Labute approximate surface area is 219 Å². The van der Waals surface area contributed by atoms with Gasteiger partial charge in [0.2, 0.25) is 0 Å². The average molecular weight is 501 g/mol. The molecule has 0 bridgehead atoms. The Morgan fingerprint density at radius 2 is 1.50 bits per heavy atom. The van der Waals surface area contributed by atoms with Gasteiger partial charge in [-0.1, -0.05) is 41.0 Å². The Hall–Kier alpha value is -1.06. The van der Waals surface area contributed by atoms with Crippen molar-refractivity contribution in [3.63, 3.8) is 0 Å². The molecule has 5 saturated carbocycles. The molecule has 5 fully saturated rings. The second kappa shape index (κ2) is 8.47. The van der Waals surface area contributed by atoms with Crippen LogP contribution in [0, 0.1) is 56.7 Å². The minimum absolute atomic E-state index is 0.0688. The van der Waals surface area contributed by atoms with Crippen LogP contribution in [-0.4, -0.2) is 23.1 Å². The fourth-order valence-electron chi connectivity index (χ4n) is 11.4. The highest BCUT2D eigenvalue weighted by molar-refractivity contribution is 5.81. The fraction of sp³-hybridized carbons (Fsp3) is 0.938. The molecule has 4 heteroatoms. The van der Waals surface area contributed by atoms with Crippen molar-refractivity contribution in [1.82, 2.24) is 0 Å². The molecule has 204 valence electrons. The summed E-state index contributed by atoms with van der Waals surface area (Å²) in [5, 5.41) is 9.46. The van der Waals surface area contributed by atoms with Gasteiger partial charge in [0.1, 0.15) is 6.10 Å². The molecule has 0 aliphatic heterocycles. The number of rotatable bonds is 4. The number of hydrogen-bond acceptors (Lipinski definition) is 3.